The van der Waals surface area contributed by atoms with Crippen LogP contribution in [0.2, 0.25) is 0 Å². The van der Waals surface area contributed by atoms with Gasteiger partial charge in [-0.3, -0.25) is 19.0 Å². The number of hydrogen-bond acceptors (Lipinski definition) is 6. The molecule has 2 aliphatic rings. The molecule has 0 fully saturated rings. The molecule has 6 nitrogen and oxygen atoms in total. The Balaban J connectivity index is 2.00. The molecule has 2 aliphatic heterocycles. The SMILES string of the molecule is O=C1C2=C(SCCS2)C(=O)N1CCCS(=O)(=O)O. The Morgan fingerprint density at radius 3 is 2.06 bits per heavy atom. The molecular formula is C9H11NO5S3. The smallest absolute Gasteiger partial charge is 0.268 e. The molecule has 0 bridgehead atoms. The fourth-order valence-corrected chi connectivity index (χ4v) is 4.51. The van der Waals surface area contributed by atoms with Crippen molar-refractivity contribution >= 4 is 45.5 Å². The number of carbonyl (C=O) groups excluding carboxylic acids is 2. The summed E-state index contributed by atoms with van der Waals surface area (Å²) >= 11 is 2.74. The van der Waals surface area contributed by atoms with Crippen molar-refractivity contribution in [2.45, 2.75) is 6.42 Å². The summed E-state index contributed by atoms with van der Waals surface area (Å²) in [6, 6.07) is 0. The van der Waals surface area contributed by atoms with Gasteiger partial charge in [0.15, 0.2) is 0 Å². The van der Waals surface area contributed by atoms with Crippen molar-refractivity contribution in [2.24, 2.45) is 0 Å². The number of rotatable bonds is 4. The minimum absolute atomic E-state index is 0.0194. The summed E-state index contributed by atoms with van der Waals surface area (Å²) in [6.45, 7) is 0.0194. The van der Waals surface area contributed by atoms with Crippen LogP contribution in [0, 0.1) is 0 Å². The van der Waals surface area contributed by atoms with Crippen molar-refractivity contribution in [1.82, 2.24) is 4.90 Å². The zero-order valence-corrected chi connectivity index (χ0v) is 11.7. The molecule has 0 saturated carbocycles. The quantitative estimate of drug-likeness (QED) is 0.591. The summed E-state index contributed by atoms with van der Waals surface area (Å²) in [5, 5.41) is 0. The molecule has 2 heterocycles. The highest BCUT2D eigenvalue weighted by Gasteiger charge is 2.39. The van der Waals surface area contributed by atoms with E-state index in [2.05, 4.69) is 0 Å². The van der Waals surface area contributed by atoms with Gasteiger partial charge < -0.3 is 0 Å². The minimum Gasteiger partial charge on any atom is -0.286 e. The van der Waals surface area contributed by atoms with E-state index >= 15 is 0 Å². The molecule has 9 heteroatoms. The Hall–Kier alpha value is -0.510. The lowest BCUT2D eigenvalue weighted by molar-refractivity contribution is -0.137. The van der Waals surface area contributed by atoms with E-state index in [0.717, 1.165) is 16.4 Å². The number of thioether (sulfide) groups is 2. The first-order valence-corrected chi connectivity index (χ1v) is 8.79. The monoisotopic (exact) mass is 309 g/mol. The Bertz CT molecular complexity index is 496. The standard InChI is InChI=1S/C9H11NO5S3/c11-8-6-7(17-4-3-16-6)9(12)10(8)2-1-5-18(13,14)15/h1-5H2,(H,13,14,15). The van der Waals surface area contributed by atoms with Crippen LogP contribution in [0.4, 0.5) is 0 Å². The number of imide groups is 1. The highest BCUT2D eigenvalue weighted by Crippen LogP contribution is 2.40. The van der Waals surface area contributed by atoms with Gasteiger partial charge in [0.2, 0.25) is 0 Å². The first-order valence-electron chi connectivity index (χ1n) is 5.21. The van der Waals surface area contributed by atoms with Crippen LogP contribution in [0.25, 0.3) is 0 Å². The van der Waals surface area contributed by atoms with E-state index in [1.54, 1.807) is 0 Å². The molecule has 100 valence electrons. The third-order valence-electron chi connectivity index (χ3n) is 2.45. The van der Waals surface area contributed by atoms with Crippen molar-refractivity contribution in [3.63, 3.8) is 0 Å². The van der Waals surface area contributed by atoms with Crippen molar-refractivity contribution in [3.05, 3.63) is 9.81 Å². The second-order valence-electron chi connectivity index (χ2n) is 3.76. The molecular weight excluding hydrogens is 298 g/mol. The first kappa shape index (κ1) is 13.9. The van der Waals surface area contributed by atoms with Gasteiger partial charge in [-0.15, -0.1) is 23.5 Å². The minimum atomic E-state index is -4.05. The zero-order valence-electron chi connectivity index (χ0n) is 9.29. The molecule has 1 N–H and O–H groups in total. The average molecular weight is 309 g/mol. The largest absolute Gasteiger partial charge is 0.286 e. The van der Waals surface area contributed by atoms with Crippen LogP contribution in [0.1, 0.15) is 6.42 Å². The number of nitrogens with zero attached hydrogens (tertiary/aromatic N) is 1. The van der Waals surface area contributed by atoms with Gasteiger partial charge in [0.05, 0.1) is 15.6 Å². The van der Waals surface area contributed by atoms with Gasteiger partial charge in [0, 0.05) is 18.1 Å². The molecule has 18 heavy (non-hydrogen) atoms. The molecule has 0 aromatic heterocycles. The van der Waals surface area contributed by atoms with Gasteiger partial charge in [0.1, 0.15) is 0 Å². The summed E-state index contributed by atoms with van der Waals surface area (Å²) in [6.07, 6.45) is 0.0478. The highest BCUT2D eigenvalue weighted by atomic mass is 32.2. The van der Waals surface area contributed by atoms with Gasteiger partial charge in [-0.25, -0.2) is 0 Å². The second kappa shape index (κ2) is 5.24. The third kappa shape index (κ3) is 2.90. The lowest BCUT2D eigenvalue weighted by Crippen LogP contribution is -2.33. The van der Waals surface area contributed by atoms with E-state index < -0.39 is 15.9 Å². The van der Waals surface area contributed by atoms with Crippen LogP contribution < -0.4 is 0 Å². The van der Waals surface area contributed by atoms with Gasteiger partial charge in [0.25, 0.3) is 21.9 Å². The van der Waals surface area contributed by atoms with E-state index in [4.69, 9.17) is 4.55 Å². The summed E-state index contributed by atoms with van der Waals surface area (Å²) in [5.74, 6) is 0.447. The van der Waals surface area contributed by atoms with Crippen LogP contribution in [0.15, 0.2) is 9.81 Å². The first-order chi connectivity index (χ1) is 8.40. The molecule has 0 aliphatic carbocycles. The normalized spacial score (nSPS) is 20.6. The van der Waals surface area contributed by atoms with Crippen molar-refractivity contribution in [2.75, 3.05) is 23.8 Å². The molecule has 0 aromatic rings. The Labute approximate surface area is 113 Å². The predicted octanol–water partition coefficient (Wildman–Crippen LogP) is 0.325. The van der Waals surface area contributed by atoms with Crippen molar-refractivity contribution in [1.29, 1.82) is 0 Å². The number of carbonyl (C=O) groups is 2. The summed E-state index contributed by atoms with van der Waals surface area (Å²) in [7, 11) is -4.05. The molecule has 0 atom stereocenters. The molecule has 2 rings (SSSR count). The molecule has 0 saturated heterocycles. The van der Waals surface area contributed by atoms with Crippen LogP contribution in [0.5, 0.6) is 0 Å². The van der Waals surface area contributed by atoms with Crippen LogP contribution >= 0.6 is 23.5 Å². The summed E-state index contributed by atoms with van der Waals surface area (Å²) < 4.78 is 29.7. The van der Waals surface area contributed by atoms with E-state index in [9.17, 15) is 18.0 Å². The topological polar surface area (TPSA) is 91.8 Å². The zero-order chi connectivity index (χ0) is 13.3. The van der Waals surface area contributed by atoms with E-state index in [1.165, 1.54) is 23.5 Å². The van der Waals surface area contributed by atoms with E-state index in [-0.39, 0.29) is 24.8 Å². The van der Waals surface area contributed by atoms with Crippen molar-refractivity contribution < 1.29 is 22.6 Å². The fourth-order valence-electron chi connectivity index (χ4n) is 1.68. The maximum absolute atomic E-state index is 11.9. The average Bonchev–Trinajstić information content (AvgIpc) is 2.53. The summed E-state index contributed by atoms with van der Waals surface area (Å²) in [4.78, 5) is 25.8. The molecule has 2 amide bonds. The van der Waals surface area contributed by atoms with E-state index in [1.807, 2.05) is 0 Å². The molecule has 0 radical (unpaired) electrons. The molecule has 0 aromatic carbocycles. The second-order valence-corrected chi connectivity index (χ2v) is 7.54. The van der Waals surface area contributed by atoms with Gasteiger partial charge in [-0.1, -0.05) is 0 Å². The fraction of sp³-hybridized carbons (Fsp3) is 0.556. The number of amides is 2. The molecule has 0 unspecified atom stereocenters. The van der Waals surface area contributed by atoms with Crippen molar-refractivity contribution in [3.8, 4) is 0 Å². The van der Waals surface area contributed by atoms with Crippen LogP contribution in [0.3, 0.4) is 0 Å². The van der Waals surface area contributed by atoms with Gasteiger partial charge in [-0.2, -0.15) is 8.42 Å². The molecule has 0 spiro atoms. The van der Waals surface area contributed by atoms with Crippen LogP contribution in [-0.4, -0.2) is 53.5 Å². The maximum atomic E-state index is 11.9. The Morgan fingerprint density at radius 2 is 1.61 bits per heavy atom. The lowest BCUT2D eigenvalue weighted by Gasteiger charge is -2.13. The highest BCUT2D eigenvalue weighted by molar-refractivity contribution is 8.11. The Morgan fingerprint density at radius 1 is 1.11 bits per heavy atom. The summed E-state index contributed by atoms with van der Waals surface area (Å²) in [5.41, 5.74) is 0. The van der Waals surface area contributed by atoms with E-state index in [0.29, 0.717) is 9.81 Å². The van der Waals surface area contributed by atoms with Crippen LogP contribution in [-0.2, 0) is 19.7 Å². The Kier molecular flexibility index (Phi) is 4.05. The maximum Gasteiger partial charge on any atom is 0.268 e. The van der Waals surface area contributed by atoms with Gasteiger partial charge in [-0.05, 0) is 6.42 Å². The predicted molar refractivity (Wildman–Crippen MR) is 69.7 cm³/mol. The van der Waals surface area contributed by atoms with Gasteiger partial charge >= 0.3 is 0 Å². The number of hydrogen-bond donors (Lipinski definition) is 1. The third-order valence-corrected chi connectivity index (χ3v) is 5.79. The lowest BCUT2D eigenvalue weighted by atomic mass is 10.4.